The molecule has 0 bridgehead atoms. The summed E-state index contributed by atoms with van der Waals surface area (Å²) < 4.78 is 26.5. The van der Waals surface area contributed by atoms with Crippen LogP contribution in [-0.2, 0) is 20.4 Å². The second-order valence-corrected chi connectivity index (χ2v) is 5.25. The molecule has 0 aliphatic heterocycles. The summed E-state index contributed by atoms with van der Waals surface area (Å²) in [4.78, 5) is 11.4. The van der Waals surface area contributed by atoms with E-state index in [1.165, 1.54) is 26.5 Å². The van der Waals surface area contributed by atoms with E-state index in [1.54, 1.807) is 0 Å². The topological polar surface area (TPSA) is 29.1 Å². The molecule has 17 heavy (non-hydrogen) atoms. The molecular weight excluding hydrogens is 280 g/mol. The predicted octanol–water partition coefficient (Wildman–Crippen LogP) is 3.20. The van der Waals surface area contributed by atoms with E-state index in [2.05, 4.69) is 5.32 Å². The number of carbonyl (C=O) groups is 1. The van der Waals surface area contributed by atoms with Gasteiger partial charge in [-0.05, 0) is 0 Å². The van der Waals surface area contributed by atoms with Crippen molar-refractivity contribution in [2.24, 2.45) is 0 Å². The molecule has 0 saturated heterocycles. The van der Waals surface area contributed by atoms with E-state index in [9.17, 15) is 13.6 Å². The Balaban J connectivity index is 2.63. The minimum atomic E-state index is -0.713. The first-order chi connectivity index (χ1) is 8.06. The van der Waals surface area contributed by atoms with Crippen LogP contribution in [0.2, 0.25) is 0 Å². The van der Waals surface area contributed by atoms with Gasteiger partial charge in [-0.25, -0.2) is 0 Å². The van der Waals surface area contributed by atoms with Gasteiger partial charge in [-0.3, -0.25) is 0 Å². The van der Waals surface area contributed by atoms with Crippen LogP contribution >= 0.6 is 11.8 Å². The summed E-state index contributed by atoms with van der Waals surface area (Å²) in [5.74, 6) is -0.627. The Labute approximate surface area is 115 Å². The summed E-state index contributed by atoms with van der Waals surface area (Å²) >= 11 is 2.44. The summed E-state index contributed by atoms with van der Waals surface area (Å²) in [5, 5.41) is 2.10. The maximum atomic E-state index is 13.5. The van der Waals surface area contributed by atoms with Crippen LogP contribution in [0.5, 0.6) is 0 Å². The third-order valence-corrected chi connectivity index (χ3v) is 3.63. The van der Waals surface area contributed by atoms with Gasteiger partial charge in [0.2, 0.25) is 0 Å². The standard InChI is InChI=1S/C11H12F2NOS.Ti/c1-2-3-6-16-11(15)14-10-5-4-8(12)7-9(10)13;/h4-5H,2-3,6H2,1H3,(H,14,15);. The molecule has 1 aromatic carbocycles. The van der Waals surface area contributed by atoms with Gasteiger partial charge in [0.25, 0.3) is 0 Å². The molecule has 0 radical (unpaired) electrons. The van der Waals surface area contributed by atoms with E-state index in [4.69, 9.17) is 0 Å². The SMILES string of the molecule is CCCCSC(=O)Nc1ccc(F)[c]([Ti])c1F. The number of hydrogen-bond donors (Lipinski definition) is 1. The van der Waals surface area contributed by atoms with Gasteiger partial charge in [-0.1, -0.05) is 0 Å². The van der Waals surface area contributed by atoms with Crippen LogP contribution in [0.4, 0.5) is 19.3 Å². The molecule has 0 spiro atoms. The molecule has 0 aliphatic carbocycles. The number of unbranched alkanes of at least 4 members (excludes halogenated alkanes) is 1. The van der Waals surface area contributed by atoms with Crippen LogP contribution in [-0.4, -0.2) is 11.0 Å². The van der Waals surface area contributed by atoms with Gasteiger partial charge in [-0.15, -0.1) is 0 Å². The van der Waals surface area contributed by atoms with E-state index < -0.39 is 11.6 Å². The van der Waals surface area contributed by atoms with Gasteiger partial charge in [0.1, 0.15) is 0 Å². The van der Waals surface area contributed by atoms with Crippen LogP contribution in [0.3, 0.4) is 0 Å². The monoisotopic (exact) mass is 292 g/mol. The molecule has 91 valence electrons. The minimum absolute atomic E-state index is 0.0258. The van der Waals surface area contributed by atoms with E-state index in [0.29, 0.717) is 5.75 Å². The summed E-state index contributed by atoms with van der Waals surface area (Å²) in [6.07, 6.45) is 1.94. The Morgan fingerprint density at radius 1 is 1.47 bits per heavy atom. The van der Waals surface area contributed by atoms with Crippen molar-refractivity contribution < 1.29 is 34.0 Å². The molecule has 1 amide bonds. The number of rotatable bonds is 4. The van der Waals surface area contributed by atoms with Crippen molar-refractivity contribution in [1.29, 1.82) is 0 Å². The first kappa shape index (κ1) is 14.7. The van der Waals surface area contributed by atoms with Gasteiger partial charge < -0.3 is 0 Å². The van der Waals surface area contributed by atoms with Crippen molar-refractivity contribution in [1.82, 2.24) is 0 Å². The third-order valence-electron chi connectivity index (χ3n) is 2.06. The number of anilines is 1. The molecule has 2 nitrogen and oxygen atoms in total. The number of carbonyl (C=O) groups excluding carboxylic acids is 1. The van der Waals surface area contributed by atoms with Gasteiger partial charge in [0, 0.05) is 0 Å². The Bertz CT molecular complexity index is 415. The molecule has 0 fully saturated rings. The second kappa shape index (κ2) is 7.14. The molecule has 0 atom stereocenters. The normalized spacial score (nSPS) is 10.2. The third kappa shape index (κ3) is 4.41. The van der Waals surface area contributed by atoms with Crippen LogP contribution in [0, 0.1) is 11.6 Å². The molecule has 1 aromatic rings. The number of nitrogens with one attached hydrogen (secondary N) is 1. The average molecular weight is 292 g/mol. The zero-order valence-electron chi connectivity index (χ0n) is 9.35. The molecule has 0 aromatic heterocycles. The molecule has 0 heterocycles. The van der Waals surface area contributed by atoms with Crippen molar-refractivity contribution in [3.63, 3.8) is 0 Å². The van der Waals surface area contributed by atoms with Crippen molar-refractivity contribution >= 4 is 26.6 Å². The Kier molecular flexibility index (Phi) is 6.16. The molecule has 0 aliphatic rings. The number of hydrogen-bond acceptors (Lipinski definition) is 2. The van der Waals surface area contributed by atoms with Crippen LogP contribution in [0.15, 0.2) is 12.1 Å². The number of amides is 1. The second-order valence-electron chi connectivity index (χ2n) is 3.40. The molecule has 1 rings (SSSR count). The van der Waals surface area contributed by atoms with Gasteiger partial charge in [0.05, 0.1) is 0 Å². The molecule has 6 heteroatoms. The summed E-state index contributed by atoms with van der Waals surface area (Å²) in [6.45, 7) is 2.03. The first-order valence-electron chi connectivity index (χ1n) is 5.19. The number of halogens is 2. The van der Waals surface area contributed by atoms with Crippen molar-refractivity contribution in [2.75, 3.05) is 11.1 Å². The quantitative estimate of drug-likeness (QED) is 0.682. The molecule has 0 saturated carbocycles. The Morgan fingerprint density at radius 2 is 2.18 bits per heavy atom. The molecule has 1 N–H and O–H groups in total. The zero-order chi connectivity index (χ0) is 12.8. The van der Waals surface area contributed by atoms with Gasteiger partial charge >= 0.3 is 115 Å². The van der Waals surface area contributed by atoms with E-state index in [-0.39, 0.29) is 14.8 Å². The zero-order valence-corrected chi connectivity index (χ0v) is 11.7. The fourth-order valence-corrected chi connectivity index (χ4v) is 2.25. The van der Waals surface area contributed by atoms with Crippen LogP contribution in [0.1, 0.15) is 19.8 Å². The van der Waals surface area contributed by atoms with E-state index in [1.807, 2.05) is 6.92 Å². The first-order valence-corrected chi connectivity index (χ1v) is 6.96. The van der Waals surface area contributed by atoms with Crippen LogP contribution in [0.25, 0.3) is 0 Å². The van der Waals surface area contributed by atoms with Gasteiger partial charge in [0.15, 0.2) is 0 Å². The average Bonchev–Trinajstić information content (AvgIpc) is 2.30. The Morgan fingerprint density at radius 3 is 2.82 bits per heavy atom. The molecule has 0 unspecified atom stereocenters. The summed E-state index contributed by atoms with van der Waals surface area (Å²) in [5.41, 5.74) is 0.0258. The fraction of sp³-hybridized carbons (Fsp3) is 0.364. The van der Waals surface area contributed by atoms with Crippen molar-refractivity contribution in [3.8, 4) is 0 Å². The Hall–Kier alpha value is -0.386. The van der Waals surface area contributed by atoms with Gasteiger partial charge in [-0.2, -0.15) is 0 Å². The number of thioether (sulfide) groups is 1. The number of benzene rings is 1. The summed E-state index contributed by atoms with van der Waals surface area (Å²) in [7, 11) is 0. The predicted molar refractivity (Wildman–Crippen MR) is 62.4 cm³/mol. The maximum absolute atomic E-state index is 13.5. The van der Waals surface area contributed by atoms with E-state index >= 15 is 0 Å². The van der Waals surface area contributed by atoms with Crippen LogP contribution < -0.4 is 9.18 Å². The van der Waals surface area contributed by atoms with Crippen molar-refractivity contribution in [3.05, 3.63) is 23.8 Å². The summed E-state index contributed by atoms with van der Waals surface area (Å²) in [6, 6.07) is 2.38. The molecular formula is C11H12F2NOSTi. The fourth-order valence-electron chi connectivity index (χ4n) is 1.10. The van der Waals surface area contributed by atoms with Crippen molar-refractivity contribution in [2.45, 2.75) is 19.8 Å². The van der Waals surface area contributed by atoms with E-state index in [0.717, 1.165) is 30.7 Å².